The van der Waals surface area contributed by atoms with E-state index in [-0.39, 0.29) is 0 Å². The van der Waals surface area contributed by atoms with Gasteiger partial charge >= 0.3 is 0 Å². The molecule has 1 heterocycles. The molecule has 1 fully saturated rings. The zero-order valence-corrected chi connectivity index (χ0v) is 9.67. The Bertz CT molecular complexity index is 321. The number of halogens is 1. The van der Waals surface area contributed by atoms with E-state index in [9.17, 15) is 0 Å². The second kappa shape index (κ2) is 4.79. The Hall–Kier alpha value is -0.830. The SMILES string of the molecule is Cc1cc(NC2CCC(Cl)CC2)ncn1. The number of hydrogen-bond acceptors (Lipinski definition) is 3. The van der Waals surface area contributed by atoms with Crippen LogP contribution in [0.5, 0.6) is 0 Å². The third-order valence-corrected chi connectivity index (χ3v) is 3.25. The molecule has 4 heteroatoms. The van der Waals surface area contributed by atoms with E-state index in [4.69, 9.17) is 11.6 Å². The predicted octanol–water partition coefficient (Wildman–Crippen LogP) is 2.75. The zero-order chi connectivity index (χ0) is 10.7. The van der Waals surface area contributed by atoms with Gasteiger partial charge in [0.25, 0.3) is 0 Å². The Labute approximate surface area is 95.3 Å². The lowest BCUT2D eigenvalue weighted by Gasteiger charge is -2.26. The molecule has 0 atom stereocenters. The normalized spacial score (nSPS) is 26.3. The second-order valence-corrected chi connectivity index (χ2v) is 4.76. The highest BCUT2D eigenvalue weighted by Crippen LogP contribution is 2.24. The highest BCUT2D eigenvalue weighted by atomic mass is 35.5. The van der Waals surface area contributed by atoms with Gasteiger partial charge in [0.2, 0.25) is 0 Å². The number of alkyl halides is 1. The van der Waals surface area contributed by atoms with Crippen molar-refractivity contribution >= 4 is 17.4 Å². The first-order chi connectivity index (χ1) is 7.24. The lowest BCUT2D eigenvalue weighted by molar-refractivity contribution is 0.467. The quantitative estimate of drug-likeness (QED) is 0.787. The number of rotatable bonds is 2. The molecule has 1 aliphatic carbocycles. The molecule has 0 bridgehead atoms. The minimum atomic E-state index is 0.371. The van der Waals surface area contributed by atoms with Crippen LogP contribution in [0.4, 0.5) is 5.82 Å². The van der Waals surface area contributed by atoms with Crippen molar-refractivity contribution < 1.29 is 0 Å². The number of anilines is 1. The molecule has 0 aliphatic heterocycles. The Kier molecular flexibility index (Phi) is 3.41. The summed E-state index contributed by atoms with van der Waals surface area (Å²) in [5, 5.41) is 3.80. The lowest BCUT2D eigenvalue weighted by atomic mass is 9.95. The maximum absolute atomic E-state index is 6.06. The molecule has 1 saturated carbocycles. The van der Waals surface area contributed by atoms with E-state index in [1.54, 1.807) is 6.33 Å². The first-order valence-electron chi connectivity index (χ1n) is 5.43. The molecule has 0 saturated heterocycles. The Balaban J connectivity index is 1.92. The van der Waals surface area contributed by atoms with Crippen LogP contribution in [-0.2, 0) is 0 Å². The lowest BCUT2D eigenvalue weighted by Crippen LogP contribution is -2.26. The monoisotopic (exact) mass is 225 g/mol. The summed E-state index contributed by atoms with van der Waals surface area (Å²) < 4.78 is 0. The van der Waals surface area contributed by atoms with Crippen LogP contribution in [-0.4, -0.2) is 21.4 Å². The molecule has 1 aromatic heterocycles. The topological polar surface area (TPSA) is 37.8 Å². The number of aromatic nitrogens is 2. The van der Waals surface area contributed by atoms with E-state index < -0.39 is 0 Å². The maximum atomic E-state index is 6.06. The molecule has 3 nitrogen and oxygen atoms in total. The van der Waals surface area contributed by atoms with Gasteiger partial charge in [-0.1, -0.05) is 0 Å². The molecule has 0 spiro atoms. The first-order valence-corrected chi connectivity index (χ1v) is 5.87. The summed E-state index contributed by atoms with van der Waals surface area (Å²) in [4.78, 5) is 8.27. The molecule has 0 radical (unpaired) electrons. The van der Waals surface area contributed by atoms with Gasteiger partial charge in [-0.3, -0.25) is 0 Å². The number of aryl methyl sites for hydroxylation is 1. The summed E-state index contributed by atoms with van der Waals surface area (Å²) in [6.45, 7) is 1.97. The Morgan fingerprint density at radius 1 is 1.27 bits per heavy atom. The van der Waals surface area contributed by atoms with Gasteiger partial charge < -0.3 is 5.32 Å². The van der Waals surface area contributed by atoms with Crippen molar-refractivity contribution in [1.29, 1.82) is 0 Å². The minimum absolute atomic E-state index is 0.371. The third kappa shape index (κ3) is 3.06. The Morgan fingerprint density at radius 3 is 2.67 bits per heavy atom. The van der Waals surface area contributed by atoms with Crippen LogP contribution in [0.2, 0.25) is 0 Å². The van der Waals surface area contributed by atoms with Crippen molar-refractivity contribution in [2.24, 2.45) is 0 Å². The fourth-order valence-electron chi connectivity index (χ4n) is 1.94. The number of hydrogen-bond donors (Lipinski definition) is 1. The van der Waals surface area contributed by atoms with Gasteiger partial charge in [-0.2, -0.15) is 0 Å². The van der Waals surface area contributed by atoms with Crippen molar-refractivity contribution in [3.8, 4) is 0 Å². The van der Waals surface area contributed by atoms with Crippen molar-refractivity contribution in [3.63, 3.8) is 0 Å². The molecular formula is C11H16ClN3. The van der Waals surface area contributed by atoms with Crippen LogP contribution in [0.1, 0.15) is 31.4 Å². The zero-order valence-electron chi connectivity index (χ0n) is 8.91. The molecule has 0 amide bonds. The maximum Gasteiger partial charge on any atom is 0.129 e. The van der Waals surface area contributed by atoms with E-state index in [1.807, 2.05) is 13.0 Å². The van der Waals surface area contributed by atoms with Crippen LogP contribution in [0.25, 0.3) is 0 Å². The minimum Gasteiger partial charge on any atom is -0.367 e. The highest BCUT2D eigenvalue weighted by Gasteiger charge is 2.19. The summed E-state index contributed by atoms with van der Waals surface area (Å²) in [5.74, 6) is 0.931. The summed E-state index contributed by atoms with van der Waals surface area (Å²) in [5.41, 5.74) is 0.999. The van der Waals surface area contributed by atoms with E-state index >= 15 is 0 Å². The molecule has 1 aliphatic rings. The molecule has 0 unspecified atom stereocenters. The van der Waals surface area contributed by atoms with Crippen LogP contribution < -0.4 is 5.32 Å². The van der Waals surface area contributed by atoms with E-state index in [0.717, 1.165) is 37.2 Å². The van der Waals surface area contributed by atoms with Crippen molar-refractivity contribution in [3.05, 3.63) is 18.1 Å². The molecular weight excluding hydrogens is 210 g/mol. The van der Waals surface area contributed by atoms with Gasteiger partial charge in [-0.05, 0) is 32.6 Å². The van der Waals surface area contributed by atoms with Gasteiger partial charge in [0.05, 0.1) is 0 Å². The fourth-order valence-corrected chi connectivity index (χ4v) is 2.19. The summed E-state index contributed by atoms with van der Waals surface area (Å²) in [7, 11) is 0. The van der Waals surface area contributed by atoms with E-state index in [0.29, 0.717) is 11.4 Å². The smallest absolute Gasteiger partial charge is 0.129 e. The number of nitrogens with one attached hydrogen (secondary N) is 1. The molecule has 1 aromatic rings. The molecule has 82 valence electrons. The van der Waals surface area contributed by atoms with Gasteiger partial charge in [0.1, 0.15) is 12.1 Å². The average molecular weight is 226 g/mol. The standard InChI is InChI=1S/C11H16ClN3/c1-8-6-11(14-7-13-8)15-10-4-2-9(12)3-5-10/h6-7,9-10H,2-5H2,1H3,(H,13,14,15). The predicted molar refractivity (Wildman–Crippen MR) is 62.3 cm³/mol. The summed E-state index contributed by atoms with van der Waals surface area (Å²) >= 11 is 6.06. The van der Waals surface area contributed by atoms with Crippen LogP contribution >= 0.6 is 11.6 Å². The van der Waals surface area contributed by atoms with Gasteiger partial charge in [0.15, 0.2) is 0 Å². The van der Waals surface area contributed by atoms with Gasteiger partial charge in [0, 0.05) is 23.2 Å². The highest BCUT2D eigenvalue weighted by molar-refractivity contribution is 6.20. The van der Waals surface area contributed by atoms with Gasteiger partial charge in [-0.15, -0.1) is 11.6 Å². The Morgan fingerprint density at radius 2 is 2.00 bits per heavy atom. The van der Waals surface area contributed by atoms with Crippen LogP contribution in [0.15, 0.2) is 12.4 Å². The van der Waals surface area contributed by atoms with Crippen molar-refractivity contribution in [1.82, 2.24) is 9.97 Å². The summed E-state index contributed by atoms with van der Waals surface area (Å²) in [6, 6.07) is 2.50. The number of nitrogens with zero attached hydrogens (tertiary/aromatic N) is 2. The van der Waals surface area contributed by atoms with Crippen molar-refractivity contribution in [2.75, 3.05) is 5.32 Å². The van der Waals surface area contributed by atoms with E-state index in [2.05, 4.69) is 15.3 Å². The second-order valence-electron chi connectivity index (χ2n) is 4.14. The molecule has 15 heavy (non-hydrogen) atoms. The third-order valence-electron chi connectivity index (χ3n) is 2.81. The molecule has 2 rings (SSSR count). The van der Waals surface area contributed by atoms with Gasteiger partial charge in [-0.25, -0.2) is 9.97 Å². The molecule has 1 N–H and O–H groups in total. The average Bonchev–Trinajstić information content (AvgIpc) is 2.22. The van der Waals surface area contributed by atoms with Crippen LogP contribution in [0, 0.1) is 6.92 Å². The van der Waals surface area contributed by atoms with Crippen molar-refractivity contribution in [2.45, 2.75) is 44.0 Å². The first kappa shape index (κ1) is 10.7. The molecule has 0 aromatic carbocycles. The fraction of sp³-hybridized carbons (Fsp3) is 0.636. The van der Waals surface area contributed by atoms with Crippen LogP contribution in [0.3, 0.4) is 0 Å². The largest absolute Gasteiger partial charge is 0.367 e. The summed E-state index contributed by atoms with van der Waals surface area (Å²) in [6.07, 6.45) is 6.08. The van der Waals surface area contributed by atoms with E-state index in [1.165, 1.54) is 0 Å².